The molecule has 1 aliphatic carbocycles. The van der Waals surface area contributed by atoms with Crippen LogP contribution in [0.15, 0.2) is 48.8 Å². The zero-order chi connectivity index (χ0) is 24.2. The number of aliphatic hydroxyl groups excluding tert-OH is 1. The molecular weight excluding hydrogens is 432 g/mol. The summed E-state index contributed by atoms with van der Waals surface area (Å²) >= 11 is 0. The summed E-state index contributed by atoms with van der Waals surface area (Å²) in [5, 5.41) is 25.0. The predicted molar refractivity (Wildman–Crippen MR) is 128 cm³/mol. The van der Waals surface area contributed by atoms with Gasteiger partial charge >= 0.3 is 5.97 Å². The van der Waals surface area contributed by atoms with Crippen LogP contribution in [0, 0.1) is 18.8 Å². The fourth-order valence-electron chi connectivity index (χ4n) is 5.11. The van der Waals surface area contributed by atoms with Crippen molar-refractivity contribution in [2.24, 2.45) is 11.8 Å². The number of carboxylic acids is 1. The molecule has 1 aliphatic rings. The van der Waals surface area contributed by atoms with E-state index in [1.165, 1.54) is 11.1 Å². The van der Waals surface area contributed by atoms with Crippen LogP contribution in [-0.2, 0) is 30.6 Å². The van der Waals surface area contributed by atoms with Gasteiger partial charge in [-0.25, -0.2) is 0 Å². The van der Waals surface area contributed by atoms with Gasteiger partial charge in [0.15, 0.2) is 0 Å². The number of hydrogen-bond donors (Lipinski definition) is 2. The topological polar surface area (TPSA) is 93.8 Å². The van der Waals surface area contributed by atoms with Crippen molar-refractivity contribution in [3.05, 3.63) is 76.6 Å². The Hall–Kier alpha value is -3.32. The minimum absolute atomic E-state index is 0.0719. The van der Waals surface area contributed by atoms with E-state index in [4.69, 9.17) is 14.6 Å². The third-order valence-electron chi connectivity index (χ3n) is 6.80. The molecule has 7 nitrogen and oxygen atoms in total. The third kappa shape index (κ3) is 5.25. The number of aliphatic carboxylic acids is 1. The van der Waals surface area contributed by atoms with Gasteiger partial charge in [0, 0.05) is 29.8 Å². The van der Waals surface area contributed by atoms with Gasteiger partial charge in [-0.1, -0.05) is 24.3 Å². The van der Waals surface area contributed by atoms with Crippen LogP contribution in [0.3, 0.4) is 0 Å². The summed E-state index contributed by atoms with van der Waals surface area (Å²) in [4.78, 5) is 11.1. The van der Waals surface area contributed by atoms with Gasteiger partial charge in [0.2, 0.25) is 0 Å². The molecule has 4 rings (SSSR count). The lowest BCUT2D eigenvalue weighted by Crippen LogP contribution is -2.23. The van der Waals surface area contributed by atoms with Crippen molar-refractivity contribution in [1.29, 1.82) is 0 Å². The number of hydrogen-bond acceptors (Lipinski definition) is 5. The SMILES string of the molecule is COc1cc([C@@H](O)[C@@H](CC2Cc3ccccc3C2)Cn2cc(CC(=O)O)cn2)cc(OC)c1C. The van der Waals surface area contributed by atoms with Gasteiger partial charge in [-0.05, 0) is 60.9 Å². The molecule has 180 valence electrons. The van der Waals surface area contributed by atoms with Crippen molar-refractivity contribution >= 4 is 5.97 Å². The van der Waals surface area contributed by atoms with Gasteiger partial charge in [-0.3, -0.25) is 9.48 Å². The third-order valence-corrected chi connectivity index (χ3v) is 6.80. The summed E-state index contributed by atoms with van der Waals surface area (Å²) in [6.07, 6.45) is 5.29. The van der Waals surface area contributed by atoms with Gasteiger partial charge in [0.1, 0.15) is 11.5 Å². The molecule has 3 aromatic rings. The molecule has 0 bridgehead atoms. The van der Waals surface area contributed by atoms with Crippen LogP contribution < -0.4 is 9.47 Å². The maximum Gasteiger partial charge on any atom is 0.307 e. The summed E-state index contributed by atoms with van der Waals surface area (Å²) in [6.45, 7) is 2.40. The quantitative estimate of drug-likeness (QED) is 0.471. The number of aliphatic hydroxyl groups is 1. The number of aromatic nitrogens is 2. The van der Waals surface area contributed by atoms with Crippen molar-refractivity contribution in [3.8, 4) is 11.5 Å². The molecule has 0 radical (unpaired) electrons. The first kappa shape index (κ1) is 23.8. The Balaban J connectivity index is 1.60. The van der Waals surface area contributed by atoms with Crippen molar-refractivity contribution in [3.63, 3.8) is 0 Å². The zero-order valence-corrected chi connectivity index (χ0v) is 19.9. The van der Waals surface area contributed by atoms with Crippen LogP contribution in [-0.4, -0.2) is 40.2 Å². The van der Waals surface area contributed by atoms with Crippen LogP contribution in [0.5, 0.6) is 11.5 Å². The van der Waals surface area contributed by atoms with Gasteiger partial charge in [-0.15, -0.1) is 0 Å². The molecule has 0 fully saturated rings. The number of ether oxygens (including phenoxy) is 2. The fourth-order valence-corrected chi connectivity index (χ4v) is 5.11. The Labute approximate surface area is 200 Å². The zero-order valence-electron chi connectivity index (χ0n) is 19.9. The number of fused-ring (bicyclic) bond motifs is 1. The number of methoxy groups -OCH3 is 2. The number of carbonyl (C=O) groups is 1. The van der Waals surface area contributed by atoms with E-state index in [0.717, 1.165) is 30.4 Å². The summed E-state index contributed by atoms with van der Waals surface area (Å²) < 4.78 is 12.8. The fraction of sp³-hybridized carbons (Fsp3) is 0.407. The van der Waals surface area contributed by atoms with E-state index >= 15 is 0 Å². The summed E-state index contributed by atoms with van der Waals surface area (Å²) in [7, 11) is 3.22. The van der Waals surface area contributed by atoms with E-state index < -0.39 is 12.1 Å². The summed E-state index contributed by atoms with van der Waals surface area (Å²) in [5.74, 6) is 0.736. The number of benzene rings is 2. The van der Waals surface area contributed by atoms with Crippen molar-refractivity contribution in [2.45, 2.75) is 45.3 Å². The molecule has 0 saturated carbocycles. The Bertz CT molecular complexity index is 1110. The first-order valence-electron chi connectivity index (χ1n) is 11.6. The standard InChI is InChI=1S/C27H32N2O5/c1-17-24(33-2)12-22(13-25(17)34-3)27(32)23(16-29-15-19(14-28-29)11-26(30)31)10-18-8-20-6-4-5-7-21(20)9-18/h4-7,12-15,18,23,27,32H,8-11,16H2,1-3H3,(H,30,31)/t23-,27+/m0/s1. The lowest BCUT2D eigenvalue weighted by molar-refractivity contribution is -0.136. The Kier molecular flexibility index (Phi) is 7.22. The largest absolute Gasteiger partial charge is 0.496 e. The first-order valence-corrected chi connectivity index (χ1v) is 11.6. The number of carboxylic acid groups (broad SMARTS) is 1. The maximum atomic E-state index is 11.6. The minimum Gasteiger partial charge on any atom is -0.496 e. The second kappa shape index (κ2) is 10.3. The van der Waals surface area contributed by atoms with E-state index in [-0.39, 0.29) is 12.3 Å². The van der Waals surface area contributed by atoms with Crippen LogP contribution in [0.2, 0.25) is 0 Å². The van der Waals surface area contributed by atoms with Crippen LogP contribution in [0.4, 0.5) is 0 Å². The number of rotatable bonds is 10. The molecule has 0 unspecified atom stereocenters. The highest BCUT2D eigenvalue weighted by Gasteiger charge is 2.30. The highest BCUT2D eigenvalue weighted by atomic mass is 16.5. The average molecular weight is 465 g/mol. The molecule has 0 spiro atoms. The molecule has 34 heavy (non-hydrogen) atoms. The van der Waals surface area contributed by atoms with Crippen LogP contribution in [0.1, 0.15) is 40.3 Å². The maximum absolute atomic E-state index is 11.6. The molecule has 0 saturated heterocycles. The molecule has 2 atom stereocenters. The van der Waals surface area contributed by atoms with Crippen molar-refractivity contribution in [1.82, 2.24) is 9.78 Å². The second-order valence-corrected chi connectivity index (χ2v) is 9.18. The average Bonchev–Trinajstić information content (AvgIpc) is 3.43. The molecular formula is C27H32N2O5. The molecule has 0 amide bonds. The van der Waals surface area contributed by atoms with Crippen molar-refractivity contribution in [2.75, 3.05) is 14.2 Å². The number of nitrogens with zero attached hydrogens (tertiary/aromatic N) is 2. The van der Waals surface area contributed by atoms with E-state index in [1.54, 1.807) is 31.3 Å². The highest BCUT2D eigenvalue weighted by Crippen LogP contribution is 2.39. The van der Waals surface area contributed by atoms with Gasteiger partial charge < -0.3 is 19.7 Å². The Morgan fingerprint density at radius 2 is 1.76 bits per heavy atom. The lowest BCUT2D eigenvalue weighted by atomic mass is 9.85. The van der Waals surface area contributed by atoms with Crippen molar-refractivity contribution < 1.29 is 24.5 Å². The molecule has 1 heterocycles. The first-order chi connectivity index (χ1) is 16.4. The van der Waals surface area contributed by atoms with Gasteiger partial charge in [0.05, 0.1) is 32.9 Å². The van der Waals surface area contributed by atoms with E-state index in [1.807, 2.05) is 19.1 Å². The summed E-state index contributed by atoms with van der Waals surface area (Å²) in [6, 6.07) is 12.3. The van der Waals surface area contributed by atoms with Gasteiger partial charge in [0.25, 0.3) is 0 Å². The highest BCUT2D eigenvalue weighted by molar-refractivity contribution is 5.69. The van der Waals surface area contributed by atoms with E-state index in [2.05, 4.69) is 29.4 Å². The summed E-state index contributed by atoms with van der Waals surface area (Å²) in [5.41, 5.74) is 5.02. The van der Waals surface area contributed by atoms with E-state index in [9.17, 15) is 9.90 Å². The predicted octanol–water partition coefficient (Wildman–Crippen LogP) is 3.99. The Morgan fingerprint density at radius 3 is 2.32 bits per heavy atom. The monoisotopic (exact) mass is 464 g/mol. The van der Waals surface area contributed by atoms with Crippen LogP contribution in [0.25, 0.3) is 0 Å². The molecule has 2 aromatic carbocycles. The minimum atomic E-state index is -0.890. The molecule has 1 aromatic heterocycles. The van der Waals surface area contributed by atoms with Crippen LogP contribution >= 0.6 is 0 Å². The molecule has 2 N–H and O–H groups in total. The normalized spacial score (nSPS) is 15.1. The molecule has 7 heteroatoms. The smallest absolute Gasteiger partial charge is 0.307 e. The lowest BCUT2D eigenvalue weighted by Gasteiger charge is -2.27. The molecule has 0 aliphatic heterocycles. The second-order valence-electron chi connectivity index (χ2n) is 9.18. The van der Waals surface area contributed by atoms with Gasteiger partial charge in [-0.2, -0.15) is 5.10 Å². The van der Waals surface area contributed by atoms with E-state index in [0.29, 0.717) is 29.5 Å². The Morgan fingerprint density at radius 1 is 1.15 bits per heavy atom.